The van der Waals surface area contributed by atoms with E-state index in [9.17, 15) is 23.1 Å². The van der Waals surface area contributed by atoms with Crippen LogP contribution >= 0.6 is 0 Å². The van der Waals surface area contributed by atoms with Gasteiger partial charge in [0.1, 0.15) is 17.7 Å². The molecule has 0 bridgehead atoms. The summed E-state index contributed by atoms with van der Waals surface area (Å²) in [5, 5.41) is 19.4. The fourth-order valence-electron chi connectivity index (χ4n) is 5.78. The lowest BCUT2D eigenvalue weighted by atomic mass is 9.65. The highest BCUT2D eigenvalue weighted by molar-refractivity contribution is 5.93. The number of hydrogen-bond acceptors (Lipinski definition) is 6. The molecule has 1 amide bonds. The number of aliphatic hydroxyl groups excluding tert-OH is 1. The lowest BCUT2D eigenvalue weighted by molar-refractivity contribution is -0.137. The van der Waals surface area contributed by atoms with E-state index in [1.165, 1.54) is 16.9 Å². The number of aliphatic hydroxyl groups is 1. The standard InChI is InChI=1S/C27H30F3N7O2/c1-3-5-21(38)35-9-8-26(15-35)11-20(12-26)37-24(31)22(25(32)39)23(34-37)18-13-33-36(14-18)16(2)17-6-4-7-19(10-17)27(28,29)30/h4,6-7,10,13-14,16,20,25,39H,8-9,11-12,15,31-32H2,1-2H3/t16-,20-,25?,26-/m0/s1. The Bertz CT molecular complexity index is 1460. The lowest BCUT2D eigenvalue weighted by Gasteiger charge is -2.45. The van der Waals surface area contributed by atoms with Crippen LogP contribution in [0.4, 0.5) is 19.0 Å². The number of amides is 1. The molecule has 1 unspecified atom stereocenters. The molecular formula is C27H30F3N7O2. The molecule has 9 nitrogen and oxygen atoms in total. The van der Waals surface area contributed by atoms with Gasteiger partial charge in [-0.1, -0.05) is 18.1 Å². The zero-order valence-electron chi connectivity index (χ0n) is 21.6. The highest BCUT2D eigenvalue weighted by Crippen LogP contribution is 2.55. The molecule has 3 heterocycles. The van der Waals surface area contributed by atoms with E-state index in [4.69, 9.17) is 16.6 Å². The highest BCUT2D eigenvalue weighted by Gasteiger charge is 2.51. The largest absolute Gasteiger partial charge is 0.416 e. The molecule has 0 radical (unpaired) electrons. The molecule has 2 fully saturated rings. The van der Waals surface area contributed by atoms with Gasteiger partial charge in [0, 0.05) is 24.8 Å². The van der Waals surface area contributed by atoms with Crippen LogP contribution < -0.4 is 11.5 Å². The van der Waals surface area contributed by atoms with Crippen LogP contribution in [0.15, 0.2) is 36.7 Å². The van der Waals surface area contributed by atoms with Gasteiger partial charge in [-0.2, -0.15) is 23.4 Å². The number of halogens is 3. The zero-order valence-corrected chi connectivity index (χ0v) is 21.6. The summed E-state index contributed by atoms with van der Waals surface area (Å²) in [5.74, 6) is 5.34. The van der Waals surface area contributed by atoms with E-state index in [0.29, 0.717) is 29.9 Å². The molecule has 1 saturated heterocycles. The molecule has 2 aliphatic rings. The van der Waals surface area contributed by atoms with Crippen molar-refractivity contribution in [2.45, 2.75) is 57.6 Å². The smallest absolute Gasteiger partial charge is 0.384 e. The van der Waals surface area contributed by atoms with E-state index in [2.05, 4.69) is 16.9 Å². The van der Waals surface area contributed by atoms with Crippen LogP contribution in [0.25, 0.3) is 11.3 Å². The summed E-state index contributed by atoms with van der Waals surface area (Å²) in [6.45, 7) is 4.68. The fraction of sp³-hybridized carbons (Fsp3) is 0.444. The summed E-state index contributed by atoms with van der Waals surface area (Å²) < 4.78 is 42.8. The predicted molar refractivity (Wildman–Crippen MR) is 138 cm³/mol. The van der Waals surface area contributed by atoms with Crippen LogP contribution in [0.5, 0.6) is 0 Å². The van der Waals surface area contributed by atoms with Crippen LogP contribution in [0, 0.1) is 17.3 Å². The van der Waals surface area contributed by atoms with Crippen molar-refractivity contribution in [3.8, 4) is 23.1 Å². The van der Waals surface area contributed by atoms with Crippen LogP contribution in [-0.2, 0) is 11.0 Å². The van der Waals surface area contributed by atoms with Crippen molar-refractivity contribution in [3.05, 3.63) is 53.3 Å². The van der Waals surface area contributed by atoms with Crippen LogP contribution in [0.2, 0.25) is 0 Å². The molecule has 39 heavy (non-hydrogen) atoms. The van der Waals surface area contributed by atoms with Crippen molar-refractivity contribution in [3.63, 3.8) is 0 Å². The number of rotatable bonds is 5. The number of nitrogens with two attached hydrogens (primary N) is 2. The van der Waals surface area contributed by atoms with Gasteiger partial charge in [-0.15, -0.1) is 0 Å². The van der Waals surface area contributed by atoms with Crippen molar-refractivity contribution in [1.29, 1.82) is 0 Å². The monoisotopic (exact) mass is 541 g/mol. The van der Waals surface area contributed by atoms with E-state index in [1.807, 2.05) is 0 Å². The Morgan fingerprint density at radius 2 is 2.05 bits per heavy atom. The minimum atomic E-state index is -4.45. The summed E-state index contributed by atoms with van der Waals surface area (Å²) in [7, 11) is 0. The molecule has 5 N–H and O–H groups in total. The maximum Gasteiger partial charge on any atom is 0.416 e. The minimum Gasteiger partial charge on any atom is -0.384 e. The number of hydrogen-bond donors (Lipinski definition) is 3. The molecule has 2 aromatic heterocycles. The molecule has 1 aromatic carbocycles. The number of carbonyl (C=O) groups excluding carboxylic acids is 1. The number of anilines is 1. The molecular weight excluding hydrogens is 511 g/mol. The van der Waals surface area contributed by atoms with Crippen molar-refractivity contribution >= 4 is 11.7 Å². The molecule has 1 spiro atoms. The number of nitrogen functional groups attached to an aromatic ring is 1. The van der Waals surface area contributed by atoms with Gasteiger partial charge in [-0.05, 0) is 62.1 Å². The van der Waals surface area contributed by atoms with Crippen molar-refractivity contribution < 1.29 is 23.1 Å². The van der Waals surface area contributed by atoms with Crippen molar-refractivity contribution in [1.82, 2.24) is 24.5 Å². The fourth-order valence-corrected chi connectivity index (χ4v) is 5.78. The number of likely N-dealkylation sites (tertiary alicyclic amines) is 1. The third-order valence-corrected chi connectivity index (χ3v) is 7.89. The van der Waals surface area contributed by atoms with Crippen molar-refractivity contribution in [2.75, 3.05) is 18.8 Å². The topological polar surface area (TPSA) is 128 Å². The first-order chi connectivity index (χ1) is 18.4. The SMILES string of the molecule is CC#CC(=O)N1CC[C@]2(C1)C[C@H](n1nc(-c3cnn([C@@H](C)c4cccc(C(F)(F)F)c4)c3)c(C(N)O)c1N)C2. The Kier molecular flexibility index (Phi) is 6.68. The van der Waals surface area contributed by atoms with Gasteiger partial charge in [0.2, 0.25) is 0 Å². The van der Waals surface area contributed by atoms with Gasteiger partial charge >= 0.3 is 6.18 Å². The average Bonchev–Trinajstić information content (AvgIpc) is 3.59. The second-order valence-corrected chi connectivity index (χ2v) is 10.5. The Hall–Kier alpha value is -3.82. The third-order valence-electron chi connectivity index (χ3n) is 7.89. The van der Waals surface area contributed by atoms with Gasteiger partial charge < -0.3 is 21.5 Å². The molecule has 3 aromatic rings. The summed E-state index contributed by atoms with van der Waals surface area (Å²) in [4.78, 5) is 14.0. The van der Waals surface area contributed by atoms with E-state index in [-0.39, 0.29) is 28.7 Å². The molecule has 2 atom stereocenters. The minimum absolute atomic E-state index is 0.0128. The number of benzene rings is 1. The van der Waals surface area contributed by atoms with Gasteiger partial charge in [-0.25, -0.2) is 4.68 Å². The van der Waals surface area contributed by atoms with Gasteiger partial charge in [0.25, 0.3) is 5.91 Å². The van der Waals surface area contributed by atoms with E-state index >= 15 is 0 Å². The quantitative estimate of drug-likeness (QED) is 0.335. The normalized spacial score (nSPS) is 22.3. The van der Waals surface area contributed by atoms with E-state index < -0.39 is 24.0 Å². The molecule has 206 valence electrons. The predicted octanol–water partition coefficient (Wildman–Crippen LogP) is 3.48. The first kappa shape index (κ1) is 26.8. The van der Waals surface area contributed by atoms with Crippen LogP contribution in [0.1, 0.15) is 68.1 Å². The number of alkyl halides is 3. The summed E-state index contributed by atoms with van der Waals surface area (Å²) in [6, 6.07) is 4.59. The first-order valence-electron chi connectivity index (χ1n) is 12.7. The summed E-state index contributed by atoms with van der Waals surface area (Å²) in [6.07, 6.45) is -0.237. The maximum absolute atomic E-state index is 13.2. The second kappa shape index (κ2) is 9.73. The van der Waals surface area contributed by atoms with Crippen molar-refractivity contribution in [2.24, 2.45) is 11.1 Å². The maximum atomic E-state index is 13.2. The van der Waals surface area contributed by atoms with E-state index in [0.717, 1.165) is 31.4 Å². The Morgan fingerprint density at radius 3 is 2.72 bits per heavy atom. The number of nitrogens with zero attached hydrogens (tertiary/aromatic N) is 5. The first-order valence-corrected chi connectivity index (χ1v) is 12.7. The second-order valence-electron chi connectivity index (χ2n) is 10.5. The van der Waals surface area contributed by atoms with Crippen LogP contribution in [0.3, 0.4) is 0 Å². The number of carbonyl (C=O) groups is 1. The summed E-state index contributed by atoms with van der Waals surface area (Å²) >= 11 is 0. The molecule has 5 rings (SSSR count). The van der Waals surface area contributed by atoms with Crippen LogP contribution in [-0.4, -0.2) is 48.6 Å². The van der Waals surface area contributed by atoms with Gasteiger partial charge in [-0.3, -0.25) is 9.48 Å². The van der Waals surface area contributed by atoms with Gasteiger partial charge in [0.05, 0.1) is 29.4 Å². The highest BCUT2D eigenvalue weighted by atomic mass is 19.4. The summed E-state index contributed by atoms with van der Waals surface area (Å²) in [5.41, 5.74) is 13.1. The zero-order chi connectivity index (χ0) is 28.1. The van der Waals surface area contributed by atoms with E-state index in [1.54, 1.807) is 35.7 Å². The third kappa shape index (κ3) is 4.88. The lowest BCUT2D eigenvalue weighted by Crippen LogP contribution is -2.42. The molecule has 1 saturated carbocycles. The Balaban J connectivity index is 1.38. The Labute approximate surface area is 223 Å². The average molecular weight is 542 g/mol. The molecule has 1 aliphatic carbocycles. The number of aromatic nitrogens is 4. The Morgan fingerprint density at radius 1 is 1.31 bits per heavy atom. The molecule has 12 heteroatoms. The van der Waals surface area contributed by atoms with Gasteiger partial charge in [0.15, 0.2) is 0 Å². The molecule has 1 aliphatic heterocycles.